The van der Waals surface area contributed by atoms with E-state index in [1.165, 1.54) is 12.3 Å². The Kier molecular flexibility index (Phi) is 4.97. The zero-order valence-electron chi connectivity index (χ0n) is 12.3. The summed E-state index contributed by atoms with van der Waals surface area (Å²) in [6.07, 6.45) is 3.50. The molecule has 0 amide bonds. The van der Waals surface area contributed by atoms with Gasteiger partial charge in [-0.1, -0.05) is 6.92 Å². The molecule has 0 saturated heterocycles. The van der Waals surface area contributed by atoms with E-state index in [-0.39, 0.29) is 12.1 Å². The summed E-state index contributed by atoms with van der Waals surface area (Å²) in [6.45, 7) is 6.53. The van der Waals surface area contributed by atoms with Gasteiger partial charge in [-0.2, -0.15) is 15.0 Å². The van der Waals surface area contributed by atoms with Crippen molar-refractivity contribution < 1.29 is 9.13 Å². The Hall–Kier alpha value is -2.31. The van der Waals surface area contributed by atoms with Crippen molar-refractivity contribution in [1.29, 1.82) is 0 Å². The molecule has 7 heteroatoms. The van der Waals surface area contributed by atoms with Crippen molar-refractivity contribution in [3.05, 3.63) is 24.3 Å². The highest BCUT2D eigenvalue weighted by Crippen LogP contribution is 2.19. The Morgan fingerprint density at radius 3 is 2.71 bits per heavy atom. The topological polar surface area (TPSA) is 72.8 Å². The third-order valence-electron chi connectivity index (χ3n) is 2.45. The number of nitrogens with zero attached hydrogens (tertiary/aromatic N) is 4. The fraction of sp³-hybridized carbons (Fsp3) is 0.429. The molecule has 0 aromatic carbocycles. The van der Waals surface area contributed by atoms with Crippen LogP contribution >= 0.6 is 0 Å². The molecule has 0 atom stereocenters. The number of rotatable bonds is 6. The van der Waals surface area contributed by atoms with Crippen LogP contribution in [0.15, 0.2) is 18.5 Å². The number of hydrogen-bond donors (Lipinski definition) is 1. The Labute approximate surface area is 122 Å². The van der Waals surface area contributed by atoms with Crippen molar-refractivity contribution in [1.82, 2.24) is 19.9 Å². The van der Waals surface area contributed by atoms with E-state index in [0.717, 1.165) is 19.2 Å². The molecule has 0 aliphatic heterocycles. The summed E-state index contributed by atoms with van der Waals surface area (Å²) >= 11 is 0. The molecule has 2 aromatic heterocycles. The van der Waals surface area contributed by atoms with Gasteiger partial charge in [0.2, 0.25) is 5.95 Å². The first kappa shape index (κ1) is 15.1. The second kappa shape index (κ2) is 6.92. The van der Waals surface area contributed by atoms with Gasteiger partial charge in [0.15, 0.2) is 5.82 Å². The summed E-state index contributed by atoms with van der Waals surface area (Å²) in [5.74, 6) is 0.287. The lowest BCUT2D eigenvalue weighted by atomic mass is 10.2. The van der Waals surface area contributed by atoms with Gasteiger partial charge in [-0.25, -0.2) is 4.39 Å². The van der Waals surface area contributed by atoms with Gasteiger partial charge in [0.05, 0.1) is 12.3 Å². The summed E-state index contributed by atoms with van der Waals surface area (Å²) in [5.41, 5.74) is 0.477. The van der Waals surface area contributed by atoms with E-state index in [1.807, 2.05) is 20.8 Å². The SMILES string of the molecule is CCCNc1nc(OC(C)C)nc(-c2cncc(F)c2)n1. The number of anilines is 1. The number of halogens is 1. The Balaban J connectivity index is 2.38. The first-order valence-corrected chi connectivity index (χ1v) is 6.86. The van der Waals surface area contributed by atoms with Gasteiger partial charge in [-0.3, -0.25) is 4.98 Å². The van der Waals surface area contributed by atoms with E-state index < -0.39 is 5.82 Å². The molecule has 1 N–H and O–H groups in total. The summed E-state index contributed by atoms with van der Waals surface area (Å²) in [4.78, 5) is 16.5. The van der Waals surface area contributed by atoms with E-state index in [0.29, 0.717) is 17.3 Å². The third kappa shape index (κ3) is 4.34. The number of aromatic nitrogens is 4. The molecular formula is C14H18FN5O. The van der Waals surface area contributed by atoms with Crippen LogP contribution < -0.4 is 10.1 Å². The van der Waals surface area contributed by atoms with Crippen LogP contribution in [0.3, 0.4) is 0 Å². The number of pyridine rings is 1. The average Bonchev–Trinajstić information content (AvgIpc) is 2.44. The fourth-order valence-electron chi connectivity index (χ4n) is 1.60. The van der Waals surface area contributed by atoms with Crippen LogP contribution in [-0.2, 0) is 0 Å². The summed E-state index contributed by atoms with van der Waals surface area (Å²) in [6, 6.07) is 1.53. The Morgan fingerprint density at radius 1 is 1.24 bits per heavy atom. The minimum absolute atomic E-state index is 0.0649. The maximum Gasteiger partial charge on any atom is 0.322 e. The predicted molar refractivity (Wildman–Crippen MR) is 77.6 cm³/mol. The maximum atomic E-state index is 13.3. The van der Waals surface area contributed by atoms with E-state index in [2.05, 4.69) is 25.3 Å². The predicted octanol–water partition coefficient (Wildman–Crippen LogP) is 2.68. The van der Waals surface area contributed by atoms with Crippen molar-refractivity contribution >= 4 is 5.95 Å². The van der Waals surface area contributed by atoms with Gasteiger partial charge in [0, 0.05) is 18.3 Å². The molecule has 0 saturated carbocycles. The minimum atomic E-state index is -0.442. The largest absolute Gasteiger partial charge is 0.461 e. The molecule has 0 radical (unpaired) electrons. The van der Waals surface area contributed by atoms with Crippen LogP contribution in [0.5, 0.6) is 6.01 Å². The van der Waals surface area contributed by atoms with Gasteiger partial charge in [0.1, 0.15) is 5.82 Å². The fourth-order valence-corrected chi connectivity index (χ4v) is 1.60. The number of ether oxygens (including phenoxy) is 1. The Morgan fingerprint density at radius 2 is 2.05 bits per heavy atom. The van der Waals surface area contributed by atoms with Gasteiger partial charge in [0.25, 0.3) is 0 Å². The summed E-state index contributed by atoms with van der Waals surface area (Å²) < 4.78 is 18.8. The van der Waals surface area contributed by atoms with Crippen molar-refractivity contribution in [3.63, 3.8) is 0 Å². The van der Waals surface area contributed by atoms with Crippen molar-refractivity contribution in [2.75, 3.05) is 11.9 Å². The van der Waals surface area contributed by atoms with E-state index in [1.54, 1.807) is 0 Å². The zero-order chi connectivity index (χ0) is 15.2. The molecule has 2 heterocycles. The maximum absolute atomic E-state index is 13.3. The average molecular weight is 291 g/mol. The standard InChI is InChI=1S/C14H18FN5O/c1-4-5-17-13-18-12(10-6-11(15)8-16-7-10)19-14(20-13)21-9(2)3/h6-9H,4-5H2,1-3H3,(H,17,18,19,20). The van der Waals surface area contributed by atoms with Gasteiger partial charge >= 0.3 is 6.01 Å². The van der Waals surface area contributed by atoms with Crippen LogP contribution in [0.25, 0.3) is 11.4 Å². The van der Waals surface area contributed by atoms with E-state index in [4.69, 9.17) is 4.74 Å². The third-order valence-corrected chi connectivity index (χ3v) is 2.45. The van der Waals surface area contributed by atoms with Gasteiger partial charge in [-0.05, 0) is 26.3 Å². The molecule has 0 unspecified atom stereocenters. The van der Waals surface area contributed by atoms with Crippen LogP contribution in [-0.4, -0.2) is 32.6 Å². The number of nitrogens with one attached hydrogen (secondary N) is 1. The van der Waals surface area contributed by atoms with Crippen LogP contribution in [0, 0.1) is 5.82 Å². The smallest absolute Gasteiger partial charge is 0.322 e. The van der Waals surface area contributed by atoms with Crippen LogP contribution in [0.1, 0.15) is 27.2 Å². The first-order chi connectivity index (χ1) is 10.1. The lowest BCUT2D eigenvalue weighted by molar-refractivity contribution is 0.222. The second-order valence-corrected chi connectivity index (χ2v) is 4.75. The molecule has 2 aromatic rings. The van der Waals surface area contributed by atoms with Gasteiger partial charge in [-0.15, -0.1) is 0 Å². The lowest BCUT2D eigenvalue weighted by Gasteiger charge is -2.11. The van der Waals surface area contributed by atoms with E-state index >= 15 is 0 Å². The second-order valence-electron chi connectivity index (χ2n) is 4.75. The highest BCUT2D eigenvalue weighted by Gasteiger charge is 2.11. The van der Waals surface area contributed by atoms with Crippen molar-refractivity contribution in [2.45, 2.75) is 33.3 Å². The number of hydrogen-bond acceptors (Lipinski definition) is 6. The monoisotopic (exact) mass is 291 g/mol. The molecule has 0 fully saturated rings. The van der Waals surface area contributed by atoms with Crippen LogP contribution in [0.4, 0.5) is 10.3 Å². The highest BCUT2D eigenvalue weighted by molar-refractivity contribution is 5.55. The molecule has 0 bridgehead atoms. The first-order valence-electron chi connectivity index (χ1n) is 6.86. The van der Waals surface area contributed by atoms with Crippen molar-refractivity contribution in [2.24, 2.45) is 0 Å². The molecule has 21 heavy (non-hydrogen) atoms. The molecule has 0 aliphatic carbocycles. The molecule has 112 valence electrons. The summed E-state index contributed by atoms with van der Waals surface area (Å²) in [5, 5.41) is 3.08. The quantitative estimate of drug-likeness (QED) is 0.882. The van der Waals surface area contributed by atoms with Crippen LogP contribution in [0.2, 0.25) is 0 Å². The van der Waals surface area contributed by atoms with Gasteiger partial charge < -0.3 is 10.1 Å². The molecule has 0 aliphatic rings. The Bertz CT molecular complexity index is 606. The van der Waals surface area contributed by atoms with Crippen molar-refractivity contribution in [3.8, 4) is 17.4 Å². The zero-order valence-corrected chi connectivity index (χ0v) is 12.3. The molecule has 6 nitrogen and oxygen atoms in total. The molecule has 0 spiro atoms. The minimum Gasteiger partial charge on any atom is -0.461 e. The van der Waals surface area contributed by atoms with E-state index in [9.17, 15) is 4.39 Å². The molecular weight excluding hydrogens is 273 g/mol. The summed E-state index contributed by atoms with van der Waals surface area (Å²) in [7, 11) is 0. The lowest BCUT2D eigenvalue weighted by Crippen LogP contribution is -2.12. The highest BCUT2D eigenvalue weighted by atomic mass is 19.1. The molecule has 2 rings (SSSR count). The normalized spacial score (nSPS) is 10.7.